The maximum atomic E-state index is 12.4. The molecule has 0 bridgehead atoms. The highest BCUT2D eigenvalue weighted by molar-refractivity contribution is 5.98. The zero-order chi connectivity index (χ0) is 24.3. The minimum atomic E-state index is -0.370. The highest BCUT2D eigenvalue weighted by atomic mass is 16.5. The van der Waals surface area contributed by atoms with Crippen molar-refractivity contribution in [2.75, 3.05) is 14.2 Å². The van der Waals surface area contributed by atoms with Gasteiger partial charge < -0.3 is 19.5 Å². The number of amides is 1. The van der Waals surface area contributed by atoms with Crippen LogP contribution in [0.2, 0.25) is 0 Å². The Morgan fingerprint density at radius 1 is 1.15 bits per heavy atom. The number of rotatable bonds is 9. The van der Waals surface area contributed by atoms with Gasteiger partial charge in [-0.05, 0) is 46.1 Å². The molecular formula is C25H33N3O5. The maximum Gasteiger partial charge on any atom is 0.342 e. The van der Waals surface area contributed by atoms with Crippen molar-refractivity contribution >= 4 is 11.9 Å². The molecule has 0 atom stereocenters. The van der Waals surface area contributed by atoms with E-state index in [-0.39, 0.29) is 18.5 Å². The smallest absolute Gasteiger partial charge is 0.342 e. The predicted octanol–water partition coefficient (Wildman–Crippen LogP) is 3.62. The largest absolute Gasteiger partial charge is 0.496 e. The van der Waals surface area contributed by atoms with E-state index in [2.05, 4.69) is 16.5 Å². The maximum absolute atomic E-state index is 12.4. The van der Waals surface area contributed by atoms with Crippen molar-refractivity contribution in [1.82, 2.24) is 15.1 Å². The summed E-state index contributed by atoms with van der Waals surface area (Å²) in [6, 6.07) is 0. The van der Waals surface area contributed by atoms with Crippen LogP contribution in [0, 0.1) is 20.8 Å². The number of esters is 1. The molecule has 1 aromatic heterocycles. The van der Waals surface area contributed by atoms with E-state index in [4.69, 9.17) is 14.2 Å². The molecule has 3 rings (SSSR count). The van der Waals surface area contributed by atoms with Gasteiger partial charge in [-0.2, -0.15) is 5.10 Å². The molecule has 178 valence electrons. The third-order valence-corrected chi connectivity index (χ3v) is 6.35. The summed E-state index contributed by atoms with van der Waals surface area (Å²) < 4.78 is 18.3. The molecular weight excluding hydrogens is 422 g/mol. The van der Waals surface area contributed by atoms with E-state index < -0.39 is 0 Å². The first-order valence-electron chi connectivity index (χ1n) is 11.0. The van der Waals surface area contributed by atoms with Gasteiger partial charge in [0.05, 0.1) is 19.9 Å². The van der Waals surface area contributed by atoms with Gasteiger partial charge in [-0.25, -0.2) is 4.79 Å². The number of carbonyl (C=O) groups is 2. The average molecular weight is 456 g/mol. The van der Waals surface area contributed by atoms with Gasteiger partial charge in [0.2, 0.25) is 5.91 Å². The second kappa shape index (κ2) is 10.1. The molecule has 1 N–H and O–H groups in total. The summed E-state index contributed by atoms with van der Waals surface area (Å²) in [5, 5.41) is 7.37. The molecule has 0 aliphatic carbocycles. The van der Waals surface area contributed by atoms with Crippen LogP contribution in [0.1, 0.15) is 63.8 Å². The molecule has 0 unspecified atom stereocenters. The summed E-state index contributed by atoms with van der Waals surface area (Å²) in [6.45, 7) is 8.58. The van der Waals surface area contributed by atoms with Crippen LogP contribution in [-0.4, -0.2) is 35.9 Å². The van der Waals surface area contributed by atoms with Gasteiger partial charge >= 0.3 is 5.97 Å². The van der Waals surface area contributed by atoms with Crippen LogP contribution in [0.25, 0.3) is 0 Å². The number of benzene rings is 1. The Bertz CT molecular complexity index is 1110. The molecule has 0 spiro atoms. The summed E-state index contributed by atoms with van der Waals surface area (Å²) in [6.07, 6.45) is 3.60. The fourth-order valence-electron chi connectivity index (χ4n) is 4.27. The summed E-state index contributed by atoms with van der Waals surface area (Å²) in [5.74, 6) is 0.828. The SMILES string of the molecule is COc1c(C)c2c(c(OC)c1CC=C(C)CCC(=O)NCc1c(C)nn(C)c1C)C(=O)OC2. The molecule has 8 heteroatoms. The van der Waals surface area contributed by atoms with Crippen molar-refractivity contribution in [3.05, 3.63) is 50.9 Å². The molecule has 1 aliphatic heterocycles. The van der Waals surface area contributed by atoms with Gasteiger partial charge in [-0.15, -0.1) is 0 Å². The highest BCUT2D eigenvalue weighted by Gasteiger charge is 2.32. The topological polar surface area (TPSA) is 91.7 Å². The lowest BCUT2D eigenvalue weighted by atomic mass is 9.94. The number of aromatic nitrogens is 2. The summed E-state index contributed by atoms with van der Waals surface area (Å²) in [4.78, 5) is 24.6. The van der Waals surface area contributed by atoms with Crippen LogP contribution >= 0.6 is 0 Å². The molecule has 0 saturated carbocycles. The number of nitrogens with one attached hydrogen (secondary N) is 1. The Morgan fingerprint density at radius 2 is 1.85 bits per heavy atom. The second-order valence-electron chi connectivity index (χ2n) is 8.40. The number of carbonyl (C=O) groups excluding carboxylic acids is 2. The zero-order valence-corrected chi connectivity index (χ0v) is 20.5. The number of hydrogen-bond donors (Lipinski definition) is 1. The van der Waals surface area contributed by atoms with Crippen LogP contribution in [0.4, 0.5) is 0 Å². The standard InChI is InChI=1S/C25H33N3O5/c1-14(9-11-21(29)26-12-19-16(3)27-28(5)17(19)4)8-10-18-23(31-6)15(2)20-13-33-25(30)22(20)24(18)32-7/h8H,9-13H2,1-7H3,(H,26,29). The van der Waals surface area contributed by atoms with E-state index in [0.29, 0.717) is 42.9 Å². The molecule has 0 radical (unpaired) electrons. The number of hydrogen-bond acceptors (Lipinski definition) is 6. The Labute approximate surface area is 194 Å². The Hall–Kier alpha value is -3.29. The average Bonchev–Trinajstić information content (AvgIpc) is 3.28. The van der Waals surface area contributed by atoms with E-state index >= 15 is 0 Å². The zero-order valence-electron chi connectivity index (χ0n) is 20.5. The fourth-order valence-corrected chi connectivity index (χ4v) is 4.27. The molecule has 0 fully saturated rings. The van der Waals surface area contributed by atoms with E-state index in [1.165, 1.54) is 0 Å². The summed E-state index contributed by atoms with van der Waals surface area (Å²) in [7, 11) is 5.06. The lowest BCUT2D eigenvalue weighted by Gasteiger charge is -2.18. The monoisotopic (exact) mass is 455 g/mol. The number of methoxy groups -OCH3 is 2. The quantitative estimate of drug-likeness (QED) is 0.459. The van der Waals surface area contributed by atoms with Gasteiger partial charge in [-0.1, -0.05) is 11.6 Å². The predicted molar refractivity (Wildman–Crippen MR) is 125 cm³/mol. The molecule has 2 aromatic rings. The number of cyclic esters (lactones) is 1. The van der Waals surface area contributed by atoms with Crippen molar-refractivity contribution in [3.63, 3.8) is 0 Å². The van der Waals surface area contributed by atoms with Crippen molar-refractivity contribution < 1.29 is 23.8 Å². The van der Waals surface area contributed by atoms with E-state index in [9.17, 15) is 9.59 Å². The first-order valence-corrected chi connectivity index (χ1v) is 11.0. The molecule has 1 amide bonds. The van der Waals surface area contributed by atoms with Gasteiger partial charge in [-0.3, -0.25) is 9.48 Å². The Kier molecular flexibility index (Phi) is 7.46. The molecule has 2 heterocycles. The lowest BCUT2D eigenvalue weighted by Crippen LogP contribution is -2.23. The normalized spacial score (nSPS) is 13.1. The third kappa shape index (κ3) is 4.89. The molecule has 33 heavy (non-hydrogen) atoms. The molecule has 1 aromatic carbocycles. The van der Waals surface area contributed by atoms with Crippen LogP contribution in [-0.2, 0) is 36.2 Å². The van der Waals surface area contributed by atoms with Crippen molar-refractivity contribution in [3.8, 4) is 11.5 Å². The van der Waals surface area contributed by atoms with Crippen molar-refractivity contribution in [2.24, 2.45) is 7.05 Å². The van der Waals surface area contributed by atoms with Gasteiger partial charge in [0.25, 0.3) is 0 Å². The minimum Gasteiger partial charge on any atom is -0.496 e. The molecule has 8 nitrogen and oxygen atoms in total. The molecule has 1 aliphatic rings. The number of allylic oxidation sites excluding steroid dienone is 2. The Balaban J connectivity index is 1.66. The van der Waals surface area contributed by atoms with Gasteiger partial charge in [0.15, 0.2) is 0 Å². The first kappa shape index (κ1) is 24.4. The van der Waals surface area contributed by atoms with E-state index in [1.54, 1.807) is 14.2 Å². The summed E-state index contributed by atoms with van der Waals surface area (Å²) >= 11 is 0. The van der Waals surface area contributed by atoms with Crippen molar-refractivity contribution in [2.45, 2.75) is 60.1 Å². The second-order valence-corrected chi connectivity index (χ2v) is 8.40. The Morgan fingerprint density at radius 3 is 2.45 bits per heavy atom. The van der Waals surface area contributed by atoms with Gasteiger partial charge in [0, 0.05) is 42.4 Å². The van der Waals surface area contributed by atoms with E-state index in [0.717, 1.165) is 39.2 Å². The number of nitrogens with zero attached hydrogens (tertiary/aromatic N) is 2. The highest BCUT2D eigenvalue weighted by Crippen LogP contribution is 2.42. The number of aryl methyl sites for hydroxylation is 2. The first-order chi connectivity index (χ1) is 15.7. The van der Waals surface area contributed by atoms with Gasteiger partial charge in [0.1, 0.15) is 23.7 Å². The number of fused-ring (bicyclic) bond motifs is 1. The fraction of sp³-hybridized carbons (Fsp3) is 0.480. The van der Waals surface area contributed by atoms with Crippen LogP contribution < -0.4 is 14.8 Å². The minimum absolute atomic E-state index is 0.00307. The number of ether oxygens (including phenoxy) is 3. The van der Waals surface area contributed by atoms with Crippen LogP contribution in [0.3, 0.4) is 0 Å². The van der Waals surface area contributed by atoms with Crippen LogP contribution in [0.5, 0.6) is 11.5 Å². The van der Waals surface area contributed by atoms with E-state index in [1.807, 2.05) is 39.4 Å². The summed E-state index contributed by atoms with van der Waals surface area (Å²) in [5.41, 5.74) is 7.11. The lowest BCUT2D eigenvalue weighted by molar-refractivity contribution is -0.121. The van der Waals surface area contributed by atoms with Crippen molar-refractivity contribution in [1.29, 1.82) is 0 Å². The third-order valence-electron chi connectivity index (χ3n) is 6.35. The molecule has 0 saturated heterocycles. The van der Waals surface area contributed by atoms with Crippen LogP contribution in [0.15, 0.2) is 11.6 Å².